The molecule has 4 aromatic rings. The number of nitrogens with zero attached hydrogens (tertiary/aromatic N) is 4. The number of para-hydroxylation sites is 1. The summed E-state index contributed by atoms with van der Waals surface area (Å²) in [6.07, 6.45) is 6.72. The van der Waals surface area contributed by atoms with E-state index in [4.69, 9.17) is 16.7 Å². The summed E-state index contributed by atoms with van der Waals surface area (Å²) in [6.45, 7) is 0.551. The lowest BCUT2D eigenvalue weighted by molar-refractivity contribution is -0.112. The van der Waals surface area contributed by atoms with Gasteiger partial charge in [-0.2, -0.15) is 10.4 Å². The van der Waals surface area contributed by atoms with E-state index in [0.717, 1.165) is 11.1 Å². The Morgan fingerprint density at radius 1 is 1.09 bits per heavy atom. The largest absolute Gasteiger partial charge is 0.320 e. The van der Waals surface area contributed by atoms with Crippen LogP contribution in [0.15, 0.2) is 90.9 Å². The predicted octanol–water partition coefficient (Wildman–Crippen LogP) is 5.19. The van der Waals surface area contributed by atoms with Gasteiger partial charge in [-0.25, -0.2) is 0 Å². The number of amides is 1. The van der Waals surface area contributed by atoms with Gasteiger partial charge in [0, 0.05) is 29.7 Å². The van der Waals surface area contributed by atoms with E-state index in [1.165, 1.54) is 6.08 Å². The summed E-state index contributed by atoms with van der Waals surface area (Å²) in [7, 11) is 0. The van der Waals surface area contributed by atoms with Gasteiger partial charge in [0.15, 0.2) is 0 Å². The highest BCUT2D eigenvalue weighted by atomic mass is 35.5. The second-order valence-corrected chi connectivity index (χ2v) is 7.37. The number of anilines is 1. The molecule has 0 aliphatic rings. The number of hydrogen-bond acceptors (Lipinski definition) is 4. The molecular weight excluding hydrogens is 422 g/mol. The Hall–Kier alpha value is -4.21. The molecule has 0 spiro atoms. The molecular formula is C25H18ClN5O. The van der Waals surface area contributed by atoms with E-state index in [1.54, 1.807) is 41.3 Å². The maximum atomic E-state index is 12.7. The monoisotopic (exact) mass is 439 g/mol. The molecule has 0 unspecified atom stereocenters. The van der Waals surface area contributed by atoms with Crippen LogP contribution in [0.5, 0.6) is 0 Å². The van der Waals surface area contributed by atoms with Crippen LogP contribution in [0.3, 0.4) is 0 Å². The maximum absolute atomic E-state index is 12.7. The summed E-state index contributed by atoms with van der Waals surface area (Å²) >= 11 is 6.12. The van der Waals surface area contributed by atoms with Crippen molar-refractivity contribution in [1.82, 2.24) is 14.8 Å². The van der Waals surface area contributed by atoms with Crippen molar-refractivity contribution in [3.8, 4) is 17.3 Å². The van der Waals surface area contributed by atoms with Gasteiger partial charge < -0.3 is 5.32 Å². The third kappa shape index (κ3) is 4.91. The SMILES string of the molecule is N#C/C(=C\c1cn(Cc2ccccc2)nc1-c1cccnc1)C(=O)Nc1ccccc1Cl. The van der Waals surface area contributed by atoms with Crippen molar-refractivity contribution >= 4 is 29.3 Å². The van der Waals surface area contributed by atoms with Crippen molar-refractivity contribution in [3.63, 3.8) is 0 Å². The Kier molecular flexibility index (Phi) is 6.40. The van der Waals surface area contributed by atoms with E-state index < -0.39 is 5.91 Å². The van der Waals surface area contributed by atoms with Crippen LogP contribution in [0, 0.1) is 11.3 Å². The molecule has 0 aliphatic carbocycles. The third-order valence-electron chi connectivity index (χ3n) is 4.70. The summed E-state index contributed by atoms with van der Waals surface area (Å²) in [6, 6.07) is 22.5. The molecule has 2 aromatic carbocycles. The first-order chi connectivity index (χ1) is 15.6. The molecule has 1 N–H and O–H groups in total. The topological polar surface area (TPSA) is 83.6 Å². The highest BCUT2D eigenvalue weighted by Gasteiger charge is 2.16. The Labute approximate surface area is 190 Å². The average Bonchev–Trinajstić information content (AvgIpc) is 3.22. The molecule has 6 nitrogen and oxygen atoms in total. The molecule has 0 atom stereocenters. The van der Waals surface area contributed by atoms with E-state index >= 15 is 0 Å². The van der Waals surface area contributed by atoms with Crippen molar-refractivity contribution in [3.05, 3.63) is 107 Å². The highest BCUT2D eigenvalue weighted by Crippen LogP contribution is 2.25. The maximum Gasteiger partial charge on any atom is 0.266 e. The van der Waals surface area contributed by atoms with Gasteiger partial charge >= 0.3 is 0 Å². The van der Waals surface area contributed by atoms with Gasteiger partial charge in [0.2, 0.25) is 0 Å². The quantitative estimate of drug-likeness (QED) is 0.331. The highest BCUT2D eigenvalue weighted by molar-refractivity contribution is 6.34. The number of pyridine rings is 1. The predicted molar refractivity (Wildman–Crippen MR) is 125 cm³/mol. The van der Waals surface area contributed by atoms with Crippen molar-refractivity contribution in [2.45, 2.75) is 6.54 Å². The molecule has 4 rings (SSSR count). The fraction of sp³-hybridized carbons (Fsp3) is 0.0400. The van der Waals surface area contributed by atoms with E-state index in [2.05, 4.69) is 10.3 Å². The smallest absolute Gasteiger partial charge is 0.266 e. The normalized spacial score (nSPS) is 11.1. The van der Waals surface area contributed by atoms with Gasteiger partial charge in [-0.3, -0.25) is 14.5 Å². The summed E-state index contributed by atoms with van der Waals surface area (Å²) in [5, 5.41) is 17.4. The fourth-order valence-corrected chi connectivity index (χ4v) is 3.36. The number of benzene rings is 2. The molecule has 156 valence electrons. The number of hydrogen-bond donors (Lipinski definition) is 1. The standard InChI is InChI=1S/C25H18ClN5O/c26-22-10-4-5-11-23(22)29-25(32)20(14-27)13-21-17-31(16-18-7-2-1-3-8-18)30-24(21)19-9-6-12-28-15-19/h1-13,15,17H,16H2,(H,29,32)/b20-13+. The number of nitriles is 1. The lowest BCUT2D eigenvalue weighted by Crippen LogP contribution is -2.13. The molecule has 7 heteroatoms. The molecule has 2 aromatic heterocycles. The van der Waals surface area contributed by atoms with Crippen LogP contribution < -0.4 is 5.32 Å². The first-order valence-corrected chi connectivity index (χ1v) is 10.2. The minimum atomic E-state index is -0.548. The van der Waals surface area contributed by atoms with Crippen LogP contribution in [-0.2, 0) is 11.3 Å². The second kappa shape index (κ2) is 9.73. The first-order valence-electron chi connectivity index (χ1n) is 9.83. The van der Waals surface area contributed by atoms with Gasteiger partial charge in [0.05, 0.1) is 17.3 Å². The lowest BCUT2D eigenvalue weighted by atomic mass is 10.1. The summed E-state index contributed by atoms with van der Waals surface area (Å²) < 4.78 is 1.78. The van der Waals surface area contributed by atoms with Gasteiger partial charge in [0.25, 0.3) is 5.91 Å². The Bertz CT molecular complexity index is 1310. The zero-order chi connectivity index (χ0) is 22.3. The van der Waals surface area contributed by atoms with Crippen molar-refractivity contribution < 1.29 is 4.79 Å². The van der Waals surface area contributed by atoms with Gasteiger partial charge in [-0.1, -0.05) is 54.1 Å². The third-order valence-corrected chi connectivity index (χ3v) is 5.03. The lowest BCUT2D eigenvalue weighted by Gasteiger charge is -2.06. The molecule has 32 heavy (non-hydrogen) atoms. The zero-order valence-corrected chi connectivity index (χ0v) is 17.7. The summed E-state index contributed by atoms with van der Waals surface area (Å²) in [5.74, 6) is -0.548. The van der Waals surface area contributed by atoms with Crippen LogP contribution >= 0.6 is 11.6 Å². The number of carbonyl (C=O) groups excluding carboxylic acids is 1. The average molecular weight is 440 g/mol. The second-order valence-electron chi connectivity index (χ2n) is 6.96. The number of carbonyl (C=O) groups is 1. The Morgan fingerprint density at radius 2 is 1.88 bits per heavy atom. The zero-order valence-electron chi connectivity index (χ0n) is 16.9. The van der Waals surface area contributed by atoms with Crippen LogP contribution in [0.2, 0.25) is 5.02 Å². The van der Waals surface area contributed by atoms with Crippen LogP contribution in [0.1, 0.15) is 11.1 Å². The van der Waals surface area contributed by atoms with Gasteiger partial charge in [0.1, 0.15) is 17.3 Å². The Morgan fingerprint density at radius 3 is 2.59 bits per heavy atom. The Balaban J connectivity index is 1.70. The first kappa shape index (κ1) is 21.0. The van der Waals surface area contributed by atoms with E-state index in [0.29, 0.717) is 28.5 Å². The number of halogens is 1. The number of rotatable bonds is 6. The minimum Gasteiger partial charge on any atom is -0.320 e. The van der Waals surface area contributed by atoms with Crippen LogP contribution in [-0.4, -0.2) is 20.7 Å². The molecule has 2 heterocycles. The van der Waals surface area contributed by atoms with E-state index in [1.807, 2.05) is 54.7 Å². The number of nitrogens with one attached hydrogen (secondary N) is 1. The van der Waals surface area contributed by atoms with Crippen LogP contribution in [0.25, 0.3) is 17.3 Å². The van der Waals surface area contributed by atoms with Crippen molar-refractivity contribution in [2.75, 3.05) is 5.32 Å². The molecule has 0 fully saturated rings. The van der Waals surface area contributed by atoms with Crippen molar-refractivity contribution in [2.24, 2.45) is 0 Å². The minimum absolute atomic E-state index is 0.0608. The fourth-order valence-electron chi connectivity index (χ4n) is 3.18. The van der Waals surface area contributed by atoms with Gasteiger partial charge in [-0.15, -0.1) is 0 Å². The van der Waals surface area contributed by atoms with Crippen molar-refractivity contribution in [1.29, 1.82) is 5.26 Å². The molecule has 0 saturated heterocycles. The molecule has 1 amide bonds. The molecule has 0 saturated carbocycles. The summed E-state index contributed by atoms with van der Waals surface area (Å²) in [4.78, 5) is 16.9. The van der Waals surface area contributed by atoms with Crippen LogP contribution in [0.4, 0.5) is 5.69 Å². The molecule has 0 bridgehead atoms. The molecule has 0 aliphatic heterocycles. The van der Waals surface area contributed by atoms with Gasteiger partial charge in [-0.05, 0) is 35.9 Å². The number of aromatic nitrogens is 3. The molecule has 0 radical (unpaired) electrons. The van der Waals surface area contributed by atoms with E-state index in [-0.39, 0.29) is 5.57 Å². The summed E-state index contributed by atoms with van der Waals surface area (Å²) in [5.41, 5.74) is 3.52. The van der Waals surface area contributed by atoms with E-state index in [9.17, 15) is 10.1 Å².